The minimum absolute atomic E-state index is 0.289. The van der Waals surface area contributed by atoms with Gasteiger partial charge in [-0.25, -0.2) is 9.97 Å². The molecule has 0 spiro atoms. The molecule has 1 unspecified atom stereocenters. The van der Waals surface area contributed by atoms with Crippen molar-refractivity contribution < 1.29 is 9.47 Å². The molecule has 0 amide bonds. The van der Waals surface area contributed by atoms with E-state index in [-0.39, 0.29) is 6.04 Å². The zero-order valence-corrected chi connectivity index (χ0v) is 10.7. The summed E-state index contributed by atoms with van der Waals surface area (Å²) >= 11 is 0. The molecule has 0 radical (unpaired) electrons. The monoisotopic (exact) mass is 257 g/mol. The Morgan fingerprint density at radius 1 is 1.32 bits per heavy atom. The van der Waals surface area contributed by atoms with Crippen LogP contribution in [-0.4, -0.2) is 23.7 Å². The summed E-state index contributed by atoms with van der Waals surface area (Å²) in [5.41, 5.74) is 9.21. The maximum absolute atomic E-state index is 6.25. The fraction of sp³-hybridized carbons (Fsp3) is 0.286. The first kappa shape index (κ1) is 11.9. The van der Waals surface area contributed by atoms with Crippen molar-refractivity contribution in [3.05, 3.63) is 47.4 Å². The second kappa shape index (κ2) is 4.85. The molecule has 1 aliphatic heterocycles. The molecule has 1 aliphatic rings. The summed E-state index contributed by atoms with van der Waals surface area (Å²) in [5, 5.41) is 0. The summed E-state index contributed by atoms with van der Waals surface area (Å²) in [5.74, 6) is 1.47. The molecule has 2 N–H and O–H groups in total. The van der Waals surface area contributed by atoms with E-state index < -0.39 is 0 Å². The van der Waals surface area contributed by atoms with Crippen LogP contribution in [0.3, 0.4) is 0 Å². The molecule has 5 heteroatoms. The van der Waals surface area contributed by atoms with Crippen LogP contribution in [0.4, 0.5) is 0 Å². The molecule has 0 saturated carbocycles. The van der Waals surface area contributed by atoms with Gasteiger partial charge in [0.2, 0.25) is 5.88 Å². The Hall–Kier alpha value is -2.14. The Morgan fingerprint density at radius 3 is 3.05 bits per heavy atom. The van der Waals surface area contributed by atoms with Crippen molar-refractivity contribution in [2.24, 2.45) is 5.73 Å². The highest BCUT2D eigenvalue weighted by molar-refractivity contribution is 5.42. The first-order valence-electron chi connectivity index (χ1n) is 6.15. The summed E-state index contributed by atoms with van der Waals surface area (Å²) in [6, 6.07) is 7.50. The second-order valence-corrected chi connectivity index (χ2v) is 4.43. The Labute approximate surface area is 111 Å². The molecule has 0 fully saturated rings. The molecule has 2 heterocycles. The van der Waals surface area contributed by atoms with Crippen LogP contribution in [0.1, 0.15) is 22.9 Å². The Bertz CT molecular complexity index is 601. The van der Waals surface area contributed by atoms with Crippen LogP contribution in [0, 0.1) is 0 Å². The van der Waals surface area contributed by atoms with Crippen LogP contribution in [0.5, 0.6) is 11.6 Å². The van der Waals surface area contributed by atoms with Gasteiger partial charge in [-0.05, 0) is 17.2 Å². The van der Waals surface area contributed by atoms with Crippen molar-refractivity contribution in [1.29, 1.82) is 0 Å². The Balaban J connectivity index is 1.92. The number of hydrogen-bond donors (Lipinski definition) is 1. The third kappa shape index (κ3) is 2.24. The zero-order valence-electron chi connectivity index (χ0n) is 10.7. The summed E-state index contributed by atoms with van der Waals surface area (Å²) in [7, 11) is 1.57. The standard InChI is InChI=1S/C14H15N3O2/c1-18-13-7-11(16-8-17-13)14(15)10-2-3-12-9(6-10)4-5-19-12/h2-3,6-8,14H,4-5,15H2,1H3. The predicted molar refractivity (Wildman–Crippen MR) is 70.3 cm³/mol. The molecule has 5 nitrogen and oxygen atoms in total. The SMILES string of the molecule is COc1cc(C(N)c2ccc3c(c2)CCO3)ncn1. The highest BCUT2D eigenvalue weighted by Crippen LogP contribution is 2.29. The minimum atomic E-state index is -0.289. The van der Waals surface area contributed by atoms with Gasteiger partial charge in [0.15, 0.2) is 0 Å². The van der Waals surface area contributed by atoms with E-state index in [1.54, 1.807) is 13.2 Å². The van der Waals surface area contributed by atoms with Crippen LogP contribution < -0.4 is 15.2 Å². The van der Waals surface area contributed by atoms with Crippen LogP contribution >= 0.6 is 0 Å². The highest BCUT2D eigenvalue weighted by atomic mass is 16.5. The van der Waals surface area contributed by atoms with Crippen molar-refractivity contribution in [3.63, 3.8) is 0 Å². The number of fused-ring (bicyclic) bond motifs is 1. The highest BCUT2D eigenvalue weighted by Gasteiger charge is 2.17. The van der Waals surface area contributed by atoms with Gasteiger partial charge in [0.25, 0.3) is 0 Å². The molecule has 0 bridgehead atoms. The summed E-state index contributed by atoms with van der Waals surface area (Å²) in [4.78, 5) is 8.19. The van der Waals surface area contributed by atoms with Crippen LogP contribution in [-0.2, 0) is 6.42 Å². The molecule has 2 aromatic rings. The number of methoxy groups -OCH3 is 1. The van der Waals surface area contributed by atoms with Crippen molar-refractivity contribution in [3.8, 4) is 11.6 Å². The third-order valence-corrected chi connectivity index (χ3v) is 3.26. The van der Waals surface area contributed by atoms with Crippen LogP contribution in [0.15, 0.2) is 30.6 Å². The van der Waals surface area contributed by atoms with Gasteiger partial charge in [-0.3, -0.25) is 0 Å². The normalized spacial score (nSPS) is 14.6. The maximum atomic E-state index is 6.25. The number of rotatable bonds is 3. The topological polar surface area (TPSA) is 70.3 Å². The summed E-state index contributed by atoms with van der Waals surface area (Å²) in [6.45, 7) is 0.745. The number of ether oxygens (including phenoxy) is 2. The lowest BCUT2D eigenvalue weighted by atomic mass is 10.0. The molecule has 3 rings (SSSR count). The van der Waals surface area contributed by atoms with Gasteiger partial charge in [-0.2, -0.15) is 0 Å². The van der Waals surface area contributed by atoms with Crippen molar-refractivity contribution >= 4 is 0 Å². The first-order valence-corrected chi connectivity index (χ1v) is 6.15. The van der Waals surface area contributed by atoms with E-state index in [1.807, 2.05) is 12.1 Å². The van der Waals surface area contributed by atoms with Crippen molar-refractivity contribution in [2.45, 2.75) is 12.5 Å². The average Bonchev–Trinajstić information content (AvgIpc) is 2.94. The average molecular weight is 257 g/mol. The van der Waals surface area contributed by atoms with Gasteiger partial charge in [0, 0.05) is 12.5 Å². The van der Waals surface area contributed by atoms with Gasteiger partial charge in [0.1, 0.15) is 12.1 Å². The zero-order chi connectivity index (χ0) is 13.2. The summed E-state index contributed by atoms with van der Waals surface area (Å²) < 4.78 is 10.6. The molecule has 1 atom stereocenters. The minimum Gasteiger partial charge on any atom is -0.493 e. The van der Waals surface area contributed by atoms with Gasteiger partial charge in [-0.1, -0.05) is 12.1 Å². The van der Waals surface area contributed by atoms with Gasteiger partial charge >= 0.3 is 0 Å². The first-order chi connectivity index (χ1) is 9.28. The lowest BCUT2D eigenvalue weighted by molar-refractivity contribution is 0.357. The fourth-order valence-electron chi connectivity index (χ4n) is 2.21. The molecule has 98 valence electrons. The van der Waals surface area contributed by atoms with Crippen LogP contribution in [0.25, 0.3) is 0 Å². The summed E-state index contributed by atoms with van der Waals surface area (Å²) in [6.07, 6.45) is 2.40. The van der Waals surface area contributed by atoms with Gasteiger partial charge in [0.05, 0.1) is 25.5 Å². The van der Waals surface area contributed by atoms with E-state index in [9.17, 15) is 0 Å². The van der Waals surface area contributed by atoms with Crippen LogP contribution in [0.2, 0.25) is 0 Å². The lowest BCUT2D eigenvalue weighted by Crippen LogP contribution is -2.14. The molecule has 1 aromatic carbocycles. The molecule has 19 heavy (non-hydrogen) atoms. The van der Waals surface area contributed by atoms with E-state index in [0.717, 1.165) is 30.0 Å². The second-order valence-electron chi connectivity index (χ2n) is 4.43. The number of aromatic nitrogens is 2. The predicted octanol–water partition coefficient (Wildman–Crippen LogP) is 1.47. The quantitative estimate of drug-likeness (QED) is 0.901. The van der Waals surface area contributed by atoms with Crippen molar-refractivity contribution in [2.75, 3.05) is 13.7 Å². The number of benzene rings is 1. The smallest absolute Gasteiger partial charge is 0.216 e. The maximum Gasteiger partial charge on any atom is 0.216 e. The third-order valence-electron chi connectivity index (χ3n) is 3.26. The Morgan fingerprint density at radius 2 is 2.21 bits per heavy atom. The molecule has 0 aliphatic carbocycles. The number of nitrogens with zero attached hydrogens (tertiary/aromatic N) is 2. The number of hydrogen-bond acceptors (Lipinski definition) is 5. The van der Waals surface area contributed by atoms with E-state index >= 15 is 0 Å². The largest absolute Gasteiger partial charge is 0.493 e. The van der Waals surface area contributed by atoms with E-state index in [2.05, 4.69) is 16.0 Å². The molecular formula is C14H15N3O2. The fourth-order valence-corrected chi connectivity index (χ4v) is 2.21. The lowest BCUT2D eigenvalue weighted by Gasteiger charge is -2.13. The Kier molecular flexibility index (Phi) is 3.05. The van der Waals surface area contributed by atoms with E-state index in [0.29, 0.717) is 5.88 Å². The van der Waals surface area contributed by atoms with E-state index in [4.69, 9.17) is 15.2 Å². The van der Waals surface area contributed by atoms with E-state index in [1.165, 1.54) is 11.9 Å². The molecule has 1 aromatic heterocycles. The van der Waals surface area contributed by atoms with Gasteiger partial charge < -0.3 is 15.2 Å². The van der Waals surface area contributed by atoms with Crippen molar-refractivity contribution in [1.82, 2.24) is 9.97 Å². The molecule has 0 saturated heterocycles. The molecular weight excluding hydrogens is 242 g/mol. The number of nitrogens with two attached hydrogens (primary N) is 1. The van der Waals surface area contributed by atoms with Gasteiger partial charge in [-0.15, -0.1) is 0 Å².